The number of aromatic nitrogens is 5. The molecule has 0 radical (unpaired) electrons. The van der Waals surface area contributed by atoms with Crippen molar-refractivity contribution in [2.75, 3.05) is 19.6 Å². The second kappa shape index (κ2) is 7.59. The van der Waals surface area contributed by atoms with Gasteiger partial charge in [0.05, 0.1) is 17.1 Å². The molecule has 4 rings (SSSR count). The van der Waals surface area contributed by atoms with Gasteiger partial charge in [0.2, 0.25) is 0 Å². The number of nitrogens with one attached hydrogen (secondary N) is 1. The third kappa shape index (κ3) is 3.42. The fraction of sp³-hybridized carbons (Fsp3) is 0.524. The average molecular weight is 396 g/mol. The van der Waals surface area contributed by atoms with Gasteiger partial charge in [-0.3, -0.25) is 4.79 Å². The van der Waals surface area contributed by atoms with E-state index in [1.54, 1.807) is 12.4 Å². The highest BCUT2D eigenvalue weighted by molar-refractivity contribution is 6.05. The standard InChI is InChI=1S/C21H29N7O/c1-13(2)17-10-15(16-11-24-28(14(3)4)19(16)25-17)21(29)27-9-6-22-12-18(27)20-23-7-8-26(20)5/h7-8,10-11,13-14,18,22H,6,9,12H2,1-5H3. The summed E-state index contributed by atoms with van der Waals surface area (Å²) in [4.78, 5) is 25.0. The Morgan fingerprint density at radius 1 is 1.28 bits per heavy atom. The van der Waals surface area contributed by atoms with E-state index >= 15 is 0 Å². The second-order valence-corrected chi connectivity index (χ2v) is 8.28. The summed E-state index contributed by atoms with van der Waals surface area (Å²) in [6, 6.07) is 2.01. The van der Waals surface area contributed by atoms with E-state index in [1.165, 1.54) is 0 Å². The summed E-state index contributed by atoms with van der Waals surface area (Å²) in [7, 11) is 1.97. The Morgan fingerprint density at radius 3 is 2.72 bits per heavy atom. The minimum Gasteiger partial charge on any atom is -0.336 e. The molecular weight excluding hydrogens is 366 g/mol. The van der Waals surface area contributed by atoms with Crippen molar-refractivity contribution in [1.82, 2.24) is 34.5 Å². The minimum absolute atomic E-state index is 0.0112. The number of imidazole rings is 1. The van der Waals surface area contributed by atoms with Crippen molar-refractivity contribution >= 4 is 16.9 Å². The second-order valence-electron chi connectivity index (χ2n) is 8.28. The van der Waals surface area contributed by atoms with E-state index in [-0.39, 0.29) is 23.9 Å². The Bertz CT molecular complexity index is 1030. The zero-order valence-corrected chi connectivity index (χ0v) is 17.8. The van der Waals surface area contributed by atoms with Crippen molar-refractivity contribution < 1.29 is 4.79 Å². The van der Waals surface area contributed by atoms with Crippen LogP contribution in [0.3, 0.4) is 0 Å². The van der Waals surface area contributed by atoms with Crippen LogP contribution in [0.2, 0.25) is 0 Å². The number of nitrogens with zero attached hydrogens (tertiary/aromatic N) is 6. The highest BCUT2D eigenvalue weighted by atomic mass is 16.2. The van der Waals surface area contributed by atoms with Gasteiger partial charge in [-0.1, -0.05) is 13.8 Å². The van der Waals surface area contributed by atoms with Crippen molar-refractivity contribution in [1.29, 1.82) is 0 Å². The molecule has 1 saturated heterocycles. The number of piperazine rings is 1. The third-order valence-corrected chi connectivity index (χ3v) is 5.56. The summed E-state index contributed by atoms with van der Waals surface area (Å²) in [6.45, 7) is 10.4. The predicted molar refractivity (Wildman–Crippen MR) is 112 cm³/mol. The fourth-order valence-corrected chi connectivity index (χ4v) is 3.92. The highest BCUT2D eigenvalue weighted by Gasteiger charge is 2.32. The Hall–Kier alpha value is -2.74. The van der Waals surface area contributed by atoms with Gasteiger partial charge in [-0.2, -0.15) is 5.10 Å². The molecule has 3 aromatic heterocycles. The first-order valence-corrected chi connectivity index (χ1v) is 10.3. The largest absolute Gasteiger partial charge is 0.336 e. The van der Waals surface area contributed by atoms with E-state index < -0.39 is 0 Å². The molecule has 1 fully saturated rings. The number of aryl methyl sites for hydroxylation is 1. The van der Waals surface area contributed by atoms with Gasteiger partial charge in [-0.15, -0.1) is 0 Å². The summed E-state index contributed by atoms with van der Waals surface area (Å²) < 4.78 is 3.88. The summed E-state index contributed by atoms with van der Waals surface area (Å²) in [5, 5.41) is 8.73. The third-order valence-electron chi connectivity index (χ3n) is 5.56. The van der Waals surface area contributed by atoms with Crippen LogP contribution >= 0.6 is 0 Å². The molecule has 1 amide bonds. The molecule has 1 aliphatic rings. The molecule has 0 spiro atoms. The number of hydrogen-bond donors (Lipinski definition) is 1. The van der Waals surface area contributed by atoms with E-state index in [0.717, 1.165) is 29.1 Å². The van der Waals surface area contributed by atoms with Crippen LogP contribution in [0.5, 0.6) is 0 Å². The molecule has 0 saturated carbocycles. The SMILES string of the molecule is CC(C)c1cc(C(=O)N2CCNCC2c2nccn2C)c2cnn(C(C)C)c2n1. The van der Waals surface area contributed by atoms with Crippen molar-refractivity contribution in [3.63, 3.8) is 0 Å². The summed E-state index contributed by atoms with van der Waals surface area (Å²) in [5.74, 6) is 1.12. The van der Waals surface area contributed by atoms with E-state index in [2.05, 4.69) is 43.1 Å². The predicted octanol–water partition coefficient (Wildman–Crippen LogP) is 2.66. The number of fused-ring (bicyclic) bond motifs is 1. The van der Waals surface area contributed by atoms with E-state index in [1.807, 2.05) is 33.5 Å². The number of rotatable bonds is 4. The first-order chi connectivity index (χ1) is 13.9. The zero-order valence-electron chi connectivity index (χ0n) is 17.8. The summed E-state index contributed by atoms with van der Waals surface area (Å²) in [5.41, 5.74) is 2.36. The van der Waals surface area contributed by atoms with E-state index in [9.17, 15) is 4.79 Å². The monoisotopic (exact) mass is 395 g/mol. The maximum atomic E-state index is 13.8. The molecule has 29 heavy (non-hydrogen) atoms. The molecular formula is C21H29N7O. The van der Waals surface area contributed by atoms with Crippen LogP contribution in [-0.2, 0) is 7.05 Å². The van der Waals surface area contributed by atoms with Crippen molar-refractivity contribution in [2.45, 2.75) is 45.7 Å². The molecule has 3 aromatic rings. The van der Waals surface area contributed by atoms with Crippen LogP contribution in [0, 0.1) is 0 Å². The Morgan fingerprint density at radius 2 is 2.07 bits per heavy atom. The molecule has 0 bridgehead atoms. The van der Waals surface area contributed by atoms with Crippen LogP contribution < -0.4 is 5.32 Å². The van der Waals surface area contributed by atoms with Gasteiger partial charge in [-0.25, -0.2) is 14.6 Å². The van der Waals surface area contributed by atoms with Crippen LogP contribution in [0.1, 0.15) is 67.6 Å². The zero-order chi connectivity index (χ0) is 20.7. The molecule has 1 N–H and O–H groups in total. The van der Waals surface area contributed by atoms with Gasteiger partial charge in [0.15, 0.2) is 5.65 Å². The maximum Gasteiger partial charge on any atom is 0.255 e. The molecule has 8 heteroatoms. The Labute approximate surface area is 170 Å². The molecule has 8 nitrogen and oxygen atoms in total. The Balaban J connectivity index is 1.82. The first kappa shape index (κ1) is 19.6. The lowest BCUT2D eigenvalue weighted by Gasteiger charge is -2.36. The lowest BCUT2D eigenvalue weighted by Crippen LogP contribution is -2.49. The van der Waals surface area contributed by atoms with Crippen LogP contribution in [0.15, 0.2) is 24.7 Å². The molecule has 154 valence electrons. The van der Waals surface area contributed by atoms with Gasteiger partial charge in [-0.05, 0) is 25.8 Å². The van der Waals surface area contributed by atoms with Gasteiger partial charge in [0, 0.05) is 50.8 Å². The number of carbonyl (C=O) groups excluding carboxylic acids is 1. The van der Waals surface area contributed by atoms with Crippen LogP contribution in [0.25, 0.3) is 11.0 Å². The summed E-state index contributed by atoms with van der Waals surface area (Å²) in [6.07, 6.45) is 5.47. The number of amides is 1. The lowest BCUT2D eigenvalue weighted by atomic mass is 10.0. The van der Waals surface area contributed by atoms with E-state index in [4.69, 9.17) is 4.98 Å². The molecule has 0 aliphatic carbocycles. The normalized spacial score (nSPS) is 17.6. The molecule has 0 aromatic carbocycles. The summed E-state index contributed by atoms with van der Waals surface area (Å²) >= 11 is 0. The first-order valence-electron chi connectivity index (χ1n) is 10.3. The Kier molecular flexibility index (Phi) is 5.12. The number of hydrogen-bond acceptors (Lipinski definition) is 5. The quantitative estimate of drug-likeness (QED) is 0.735. The lowest BCUT2D eigenvalue weighted by molar-refractivity contribution is 0.0622. The van der Waals surface area contributed by atoms with Gasteiger partial charge >= 0.3 is 0 Å². The minimum atomic E-state index is -0.109. The molecule has 1 aliphatic heterocycles. The number of pyridine rings is 1. The van der Waals surface area contributed by atoms with Crippen molar-refractivity contribution in [3.8, 4) is 0 Å². The maximum absolute atomic E-state index is 13.8. The van der Waals surface area contributed by atoms with Gasteiger partial charge in [0.25, 0.3) is 5.91 Å². The fourth-order valence-electron chi connectivity index (χ4n) is 3.92. The van der Waals surface area contributed by atoms with E-state index in [0.29, 0.717) is 18.7 Å². The smallest absolute Gasteiger partial charge is 0.255 e. The van der Waals surface area contributed by atoms with Crippen molar-refractivity contribution in [3.05, 3.63) is 41.7 Å². The van der Waals surface area contributed by atoms with Crippen LogP contribution in [-0.4, -0.2) is 54.8 Å². The molecule has 1 atom stereocenters. The van der Waals surface area contributed by atoms with Gasteiger partial charge in [0.1, 0.15) is 11.9 Å². The molecule has 4 heterocycles. The highest BCUT2D eigenvalue weighted by Crippen LogP contribution is 2.28. The van der Waals surface area contributed by atoms with Gasteiger partial charge < -0.3 is 14.8 Å². The number of carbonyl (C=O) groups is 1. The molecule has 1 unspecified atom stereocenters. The average Bonchev–Trinajstić information content (AvgIpc) is 3.32. The van der Waals surface area contributed by atoms with Crippen molar-refractivity contribution in [2.24, 2.45) is 7.05 Å². The topological polar surface area (TPSA) is 80.9 Å². The van der Waals surface area contributed by atoms with Crippen LogP contribution in [0.4, 0.5) is 0 Å².